The second-order valence-corrected chi connectivity index (χ2v) is 6.98. The zero-order valence-corrected chi connectivity index (χ0v) is 16.1. The molecule has 0 atom stereocenters. The molecule has 0 saturated carbocycles. The van der Waals surface area contributed by atoms with Gasteiger partial charge in [-0.25, -0.2) is 9.59 Å². The number of carbonyl (C=O) groups is 2. The van der Waals surface area contributed by atoms with Crippen LogP contribution < -0.4 is 4.74 Å². The van der Waals surface area contributed by atoms with Crippen LogP contribution in [0.25, 0.3) is 0 Å². The number of carbonyl (C=O) groups excluding carboxylic acids is 2. The summed E-state index contributed by atoms with van der Waals surface area (Å²) in [6, 6.07) is 10.9. The van der Waals surface area contributed by atoms with Gasteiger partial charge in [0.25, 0.3) is 0 Å². The molecule has 2 rings (SSSR count). The van der Waals surface area contributed by atoms with Crippen molar-refractivity contribution in [2.45, 2.75) is 26.7 Å². The fraction of sp³-hybridized carbons (Fsp3) is 0.300. The van der Waals surface area contributed by atoms with E-state index in [9.17, 15) is 9.59 Å². The van der Waals surface area contributed by atoms with E-state index in [1.54, 1.807) is 36.4 Å². The zero-order valence-electron chi connectivity index (χ0n) is 14.6. The molecule has 0 N–H and O–H groups in total. The van der Waals surface area contributed by atoms with Gasteiger partial charge in [0.2, 0.25) is 0 Å². The summed E-state index contributed by atoms with van der Waals surface area (Å²) in [5.74, 6) is -0.385. The minimum Gasteiger partial charge on any atom is -0.462 e. The maximum atomic E-state index is 12.3. The van der Waals surface area contributed by atoms with E-state index in [1.165, 1.54) is 6.07 Å². The van der Waals surface area contributed by atoms with Crippen LogP contribution in [0.2, 0.25) is 10.0 Å². The first-order valence-corrected chi connectivity index (χ1v) is 9.07. The van der Waals surface area contributed by atoms with E-state index in [1.807, 2.05) is 0 Å². The summed E-state index contributed by atoms with van der Waals surface area (Å²) in [5, 5.41) is 0.443. The molecule has 4 nitrogen and oxygen atoms in total. The highest BCUT2D eigenvalue weighted by atomic mass is 35.5. The Kier molecular flexibility index (Phi) is 7.49. The first-order chi connectivity index (χ1) is 12.4. The number of ether oxygens (including phenoxy) is 2. The summed E-state index contributed by atoms with van der Waals surface area (Å²) in [5.41, 5.74) is 0.513. The molecule has 0 aliphatic carbocycles. The van der Waals surface area contributed by atoms with Crippen molar-refractivity contribution in [3.8, 4) is 5.75 Å². The third-order valence-corrected chi connectivity index (χ3v) is 4.41. The van der Waals surface area contributed by atoms with E-state index in [4.69, 9.17) is 32.7 Å². The molecule has 138 valence electrons. The molecule has 0 unspecified atom stereocenters. The molecule has 0 aromatic heterocycles. The second kappa shape index (κ2) is 9.60. The molecule has 0 fully saturated rings. The summed E-state index contributed by atoms with van der Waals surface area (Å²) < 4.78 is 10.5. The van der Waals surface area contributed by atoms with Crippen molar-refractivity contribution in [3.63, 3.8) is 0 Å². The van der Waals surface area contributed by atoms with Crippen LogP contribution in [-0.4, -0.2) is 18.5 Å². The fourth-order valence-electron chi connectivity index (χ4n) is 2.23. The van der Waals surface area contributed by atoms with Crippen LogP contribution in [0.15, 0.2) is 42.5 Å². The molecule has 0 heterocycles. The van der Waals surface area contributed by atoms with E-state index in [0.29, 0.717) is 18.1 Å². The van der Waals surface area contributed by atoms with Gasteiger partial charge in [-0.2, -0.15) is 0 Å². The van der Waals surface area contributed by atoms with Gasteiger partial charge in [-0.15, -0.1) is 0 Å². The molecule has 2 aromatic carbocycles. The van der Waals surface area contributed by atoms with Gasteiger partial charge in [-0.1, -0.05) is 49.2 Å². The molecular weight excluding hydrogens is 375 g/mol. The lowest BCUT2D eigenvalue weighted by atomic mass is 10.1. The quantitative estimate of drug-likeness (QED) is 0.338. The van der Waals surface area contributed by atoms with Gasteiger partial charge in [0, 0.05) is 0 Å². The standard InChI is InChI=1S/C20H20Cl2O4/c1-13(2)6-5-11-25-19(23)14-7-3-8-15(12-14)20(24)26-17-10-4-9-16(21)18(17)22/h3-4,7-10,12-13H,5-6,11H2,1-2H3. The number of hydrogen-bond donors (Lipinski definition) is 0. The van der Waals surface area contributed by atoms with Crippen molar-refractivity contribution in [2.24, 2.45) is 5.92 Å². The fourth-order valence-corrected chi connectivity index (χ4v) is 2.56. The van der Waals surface area contributed by atoms with Crippen molar-refractivity contribution >= 4 is 35.1 Å². The molecule has 0 radical (unpaired) electrons. The number of benzene rings is 2. The van der Waals surface area contributed by atoms with Crippen LogP contribution in [0.1, 0.15) is 47.4 Å². The Balaban J connectivity index is 2.02. The summed E-state index contributed by atoms with van der Waals surface area (Å²) in [4.78, 5) is 24.4. The molecular formula is C20H20Cl2O4. The average molecular weight is 395 g/mol. The van der Waals surface area contributed by atoms with Crippen LogP contribution in [0.5, 0.6) is 5.75 Å². The van der Waals surface area contributed by atoms with E-state index in [-0.39, 0.29) is 21.4 Å². The predicted molar refractivity (Wildman–Crippen MR) is 102 cm³/mol. The van der Waals surface area contributed by atoms with Gasteiger partial charge in [0.05, 0.1) is 22.8 Å². The lowest BCUT2D eigenvalue weighted by Crippen LogP contribution is -2.12. The topological polar surface area (TPSA) is 52.6 Å². The first kappa shape index (κ1) is 20.3. The third kappa shape index (κ3) is 5.75. The van der Waals surface area contributed by atoms with Crippen molar-refractivity contribution in [2.75, 3.05) is 6.61 Å². The van der Waals surface area contributed by atoms with E-state index in [0.717, 1.165) is 12.8 Å². The molecule has 26 heavy (non-hydrogen) atoms. The van der Waals surface area contributed by atoms with Gasteiger partial charge in [0.15, 0.2) is 5.75 Å². The van der Waals surface area contributed by atoms with E-state index >= 15 is 0 Å². The number of halogens is 2. The first-order valence-electron chi connectivity index (χ1n) is 8.32. The van der Waals surface area contributed by atoms with Gasteiger partial charge >= 0.3 is 11.9 Å². The van der Waals surface area contributed by atoms with Crippen molar-refractivity contribution < 1.29 is 19.1 Å². The van der Waals surface area contributed by atoms with Crippen LogP contribution in [0.3, 0.4) is 0 Å². The molecule has 0 saturated heterocycles. The maximum Gasteiger partial charge on any atom is 0.343 e. The van der Waals surface area contributed by atoms with Crippen LogP contribution in [0, 0.1) is 5.92 Å². The second-order valence-electron chi connectivity index (χ2n) is 6.19. The Labute approximate surface area is 163 Å². The largest absolute Gasteiger partial charge is 0.462 e. The van der Waals surface area contributed by atoms with Crippen molar-refractivity contribution in [1.29, 1.82) is 0 Å². The highest BCUT2D eigenvalue weighted by Crippen LogP contribution is 2.32. The molecule has 2 aromatic rings. The van der Waals surface area contributed by atoms with Gasteiger partial charge in [0.1, 0.15) is 5.02 Å². The lowest BCUT2D eigenvalue weighted by molar-refractivity contribution is 0.0494. The summed E-state index contributed by atoms with van der Waals surface area (Å²) >= 11 is 11.9. The Morgan fingerprint density at radius 2 is 1.65 bits per heavy atom. The van der Waals surface area contributed by atoms with Crippen molar-refractivity contribution in [3.05, 3.63) is 63.6 Å². The SMILES string of the molecule is CC(C)CCCOC(=O)c1cccc(C(=O)Oc2cccc(Cl)c2Cl)c1. The number of hydrogen-bond acceptors (Lipinski definition) is 4. The highest BCUT2D eigenvalue weighted by molar-refractivity contribution is 6.43. The van der Waals surface area contributed by atoms with E-state index < -0.39 is 11.9 Å². The highest BCUT2D eigenvalue weighted by Gasteiger charge is 2.15. The molecule has 0 aliphatic rings. The van der Waals surface area contributed by atoms with Crippen molar-refractivity contribution in [1.82, 2.24) is 0 Å². The number of esters is 2. The van der Waals surface area contributed by atoms with Crippen LogP contribution in [0.4, 0.5) is 0 Å². The molecule has 0 aliphatic heterocycles. The molecule has 0 spiro atoms. The summed E-state index contributed by atoms with van der Waals surface area (Å²) in [6.07, 6.45) is 1.79. The monoisotopic (exact) mass is 394 g/mol. The maximum absolute atomic E-state index is 12.3. The smallest absolute Gasteiger partial charge is 0.343 e. The Hall–Kier alpha value is -2.04. The van der Waals surface area contributed by atoms with Gasteiger partial charge in [-0.3, -0.25) is 0 Å². The average Bonchev–Trinajstić information content (AvgIpc) is 2.62. The molecule has 0 amide bonds. The zero-order chi connectivity index (χ0) is 19.1. The van der Waals surface area contributed by atoms with E-state index in [2.05, 4.69) is 13.8 Å². The predicted octanol–water partition coefficient (Wildman–Crippen LogP) is 5.81. The molecule has 0 bridgehead atoms. The minimum atomic E-state index is -0.636. The van der Waals surface area contributed by atoms with Crippen LogP contribution >= 0.6 is 23.2 Å². The molecule has 6 heteroatoms. The lowest BCUT2D eigenvalue weighted by Gasteiger charge is -2.09. The Morgan fingerprint density at radius 3 is 2.35 bits per heavy atom. The Morgan fingerprint density at radius 1 is 1.00 bits per heavy atom. The van der Waals surface area contributed by atoms with Crippen LogP contribution in [-0.2, 0) is 4.74 Å². The van der Waals surface area contributed by atoms with Gasteiger partial charge < -0.3 is 9.47 Å². The Bertz CT molecular complexity index is 787. The summed E-state index contributed by atoms with van der Waals surface area (Å²) in [6.45, 7) is 4.58. The normalized spacial score (nSPS) is 10.7. The number of rotatable bonds is 7. The summed E-state index contributed by atoms with van der Waals surface area (Å²) in [7, 11) is 0. The third-order valence-electron chi connectivity index (χ3n) is 3.61. The van der Waals surface area contributed by atoms with Gasteiger partial charge in [-0.05, 0) is 49.1 Å². The minimum absolute atomic E-state index is 0.156.